The molecular weight excluding hydrogens is 254 g/mol. The molecule has 0 saturated heterocycles. The van der Waals surface area contributed by atoms with Crippen LogP contribution >= 0.6 is 11.3 Å². The lowest BCUT2D eigenvalue weighted by Gasteiger charge is -2.27. The molecule has 2 aromatic rings. The average molecular weight is 271 g/mol. The molecule has 0 amide bonds. The number of rotatable bonds is 2. The number of fused-ring (bicyclic) bond motifs is 1. The second-order valence-corrected chi connectivity index (χ2v) is 6.12. The van der Waals surface area contributed by atoms with Crippen molar-refractivity contribution in [2.75, 3.05) is 14.1 Å². The predicted octanol–water partition coefficient (Wildman–Crippen LogP) is 2.86. The summed E-state index contributed by atoms with van der Waals surface area (Å²) in [6, 6.07) is 8.17. The first-order valence-electron chi connectivity index (χ1n) is 6.30. The van der Waals surface area contributed by atoms with Gasteiger partial charge >= 0.3 is 0 Å². The first-order chi connectivity index (χ1) is 9.08. The van der Waals surface area contributed by atoms with Gasteiger partial charge in [-0.15, -0.1) is 11.3 Å². The van der Waals surface area contributed by atoms with E-state index in [4.69, 9.17) is 5.73 Å². The highest BCUT2D eigenvalue weighted by Crippen LogP contribution is 2.34. The molecule has 1 atom stereocenters. The highest BCUT2D eigenvalue weighted by molar-refractivity contribution is 7.18. The Morgan fingerprint density at radius 2 is 2.11 bits per heavy atom. The first-order valence-corrected chi connectivity index (χ1v) is 7.12. The molecule has 1 unspecified atom stereocenters. The third-order valence-corrected chi connectivity index (χ3v) is 4.64. The number of aromatic nitrogens is 1. The van der Waals surface area contributed by atoms with E-state index in [0.717, 1.165) is 16.9 Å². The van der Waals surface area contributed by atoms with E-state index in [-0.39, 0.29) is 0 Å². The van der Waals surface area contributed by atoms with E-state index < -0.39 is 5.54 Å². The normalized spacial score (nSPS) is 22.6. The van der Waals surface area contributed by atoms with Crippen LogP contribution in [-0.4, -0.2) is 24.0 Å². The number of thiazole rings is 1. The molecule has 1 aliphatic carbocycles. The Morgan fingerprint density at radius 3 is 2.74 bits per heavy atom. The van der Waals surface area contributed by atoms with Crippen molar-refractivity contribution in [2.45, 2.75) is 12.0 Å². The summed E-state index contributed by atoms with van der Waals surface area (Å²) in [7, 11) is 4.08. The Morgan fingerprint density at radius 1 is 1.32 bits per heavy atom. The summed E-state index contributed by atoms with van der Waals surface area (Å²) in [5, 5.41) is 0.985. The molecule has 98 valence electrons. The second kappa shape index (κ2) is 4.47. The highest BCUT2D eigenvalue weighted by atomic mass is 32.1. The lowest BCUT2D eigenvalue weighted by Crippen LogP contribution is -2.35. The van der Waals surface area contributed by atoms with Gasteiger partial charge in [0.1, 0.15) is 5.01 Å². The van der Waals surface area contributed by atoms with Gasteiger partial charge in [0.15, 0.2) is 0 Å². The zero-order valence-corrected chi connectivity index (χ0v) is 11.9. The fourth-order valence-corrected chi connectivity index (χ4v) is 3.26. The minimum absolute atomic E-state index is 0.469. The summed E-state index contributed by atoms with van der Waals surface area (Å²) in [5.74, 6) is 0. The largest absolute Gasteiger partial charge is 0.378 e. The maximum atomic E-state index is 6.50. The molecule has 0 radical (unpaired) electrons. The van der Waals surface area contributed by atoms with Crippen LogP contribution < -0.4 is 5.73 Å². The fraction of sp³-hybridized carbons (Fsp3) is 0.267. The monoisotopic (exact) mass is 271 g/mol. The first kappa shape index (κ1) is 12.4. The van der Waals surface area contributed by atoms with Gasteiger partial charge in [-0.1, -0.05) is 24.3 Å². The van der Waals surface area contributed by atoms with E-state index in [9.17, 15) is 0 Å². The van der Waals surface area contributed by atoms with Crippen molar-refractivity contribution in [2.24, 2.45) is 5.73 Å². The van der Waals surface area contributed by atoms with Gasteiger partial charge in [0.25, 0.3) is 0 Å². The number of nitrogens with zero attached hydrogens (tertiary/aromatic N) is 2. The molecular formula is C15H17N3S. The summed E-state index contributed by atoms with van der Waals surface area (Å²) < 4.78 is 1.19. The van der Waals surface area contributed by atoms with E-state index in [1.54, 1.807) is 11.3 Å². The van der Waals surface area contributed by atoms with Crippen molar-refractivity contribution in [3.05, 3.63) is 53.2 Å². The van der Waals surface area contributed by atoms with Crippen molar-refractivity contribution in [1.82, 2.24) is 9.88 Å². The minimum Gasteiger partial charge on any atom is -0.378 e. The van der Waals surface area contributed by atoms with Gasteiger partial charge in [-0.3, -0.25) is 0 Å². The standard InChI is InChI=1S/C15H17N3S/c1-18(2)11-7-9-15(16,10-8-11)14-17-12-5-3-4-6-13(12)19-14/h3-9H,10,16H2,1-2H3. The van der Waals surface area contributed by atoms with E-state index in [1.165, 1.54) is 10.4 Å². The fourth-order valence-electron chi connectivity index (χ4n) is 2.21. The van der Waals surface area contributed by atoms with Crippen molar-refractivity contribution in [3.63, 3.8) is 0 Å². The third-order valence-electron chi connectivity index (χ3n) is 3.41. The van der Waals surface area contributed by atoms with Crippen LogP contribution in [0.5, 0.6) is 0 Å². The maximum Gasteiger partial charge on any atom is 0.118 e. The van der Waals surface area contributed by atoms with Crippen molar-refractivity contribution < 1.29 is 0 Å². The maximum absolute atomic E-state index is 6.50. The molecule has 0 saturated carbocycles. The van der Waals surface area contributed by atoms with Gasteiger partial charge in [0.2, 0.25) is 0 Å². The van der Waals surface area contributed by atoms with Gasteiger partial charge < -0.3 is 10.6 Å². The van der Waals surface area contributed by atoms with Crippen LogP contribution in [0, 0.1) is 0 Å². The molecule has 0 spiro atoms. The number of para-hydroxylation sites is 1. The molecule has 1 aliphatic rings. The summed E-state index contributed by atoms with van der Waals surface area (Å²) in [5.41, 5.74) is 8.26. The Bertz CT molecular complexity index is 636. The summed E-state index contributed by atoms with van der Waals surface area (Å²) in [4.78, 5) is 6.77. The van der Waals surface area contributed by atoms with Crippen LogP contribution in [0.2, 0.25) is 0 Å². The summed E-state index contributed by atoms with van der Waals surface area (Å²) in [6.45, 7) is 0. The lowest BCUT2D eigenvalue weighted by atomic mass is 9.92. The molecule has 1 heterocycles. The van der Waals surface area contributed by atoms with Gasteiger partial charge in [-0.25, -0.2) is 4.98 Å². The lowest BCUT2D eigenvalue weighted by molar-refractivity contribution is 0.495. The zero-order valence-electron chi connectivity index (χ0n) is 11.1. The smallest absolute Gasteiger partial charge is 0.118 e. The van der Waals surface area contributed by atoms with E-state index in [1.807, 2.05) is 32.3 Å². The van der Waals surface area contributed by atoms with E-state index >= 15 is 0 Å². The topological polar surface area (TPSA) is 42.1 Å². The number of benzene rings is 1. The van der Waals surface area contributed by atoms with Gasteiger partial charge in [0.05, 0.1) is 15.8 Å². The van der Waals surface area contributed by atoms with Gasteiger partial charge in [0, 0.05) is 19.8 Å². The molecule has 2 N–H and O–H groups in total. The predicted molar refractivity (Wildman–Crippen MR) is 81.0 cm³/mol. The molecule has 4 heteroatoms. The summed E-state index contributed by atoms with van der Waals surface area (Å²) in [6.07, 6.45) is 7.11. The van der Waals surface area contributed by atoms with Crippen LogP contribution in [-0.2, 0) is 5.54 Å². The molecule has 0 aliphatic heterocycles. The Hall–Kier alpha value is -1.65. The SMILES string of the molecule is CN(C)C1=CCC(N)(c2nc3ccccc3s2)C=C1. The highest BCUT2D eigenvalue weighted by Gasteiger charge is 2.29. The number of allylic oxidation sites excluding steroid dienone is 1. The second-order valence-electron chi connectivity index (χ2n) is 5.09. The van der Waals surface area contributed by atoms with E-state index in [0.29, 0.717) is 0 Å². The number of hydrogen-bond donors (Lipinski definition) is 1. The van der Waals surface area contributed by atoms with Crippen LogP contribution in [0.25, 0.3) is 10.2 Å². The average Bonchev–Trinajstić information content (AvgIpc) is 2.83. The zero-order chi connectivity index (χ0) is 13.5. The van der Waals surface area contributed by atoms with Crippen LogP contribution in [0.4, 0.5) is 0 Å². The van der Waals surface area contributed by atoms with Gasteiger partial charge in [-0.05, 0) is 24.6 Å². The quantitative estimate of drug-likeness (QED) is 0.913. The molecule has 3 nitrogen and oxygen atoms in total. The Balaban J connectivity index is 1.96. The molecule has 0 bridgehead atoms. The number of hydrogen-bond acceptors (Lipinski definition) is 4. The van der Waals surface area contributed by atoms with Crippen LogP contribution in [0.1, 0.15) is 11.4 Å². The number of likely N-dealkylation sites (N-methyl/N-ethyl adjacent to an activating group) is 1. The molecule has 19 heavy (non-hydrogen) atoms. The molecule has 3 rings (SSSR count). The minimum atomic E-state index is -0.469. The molecule has 0 fully saturated rings. The van der Waals surface area contributed by atoms with Crippen molar-refractivity contribution in [3.8, 4) is 0 Å². The molecule has 1 aromatic heterocycles. The van der Waals surface area contributed by atoms with Gasteiger partial charge in [-0.2, -0.15) is 0 Å². The van der Waals surface area contributed by atoms with Crippen molar-refractivity contribution in [1.29, 1.82) is 0 Å². The third kappa shape index (κ3) is 2.17. The van der Waals surface area contributed by atoms with Crippen LogP contribution in [0.15, 0.2) is 48.2 Å². The van der Waals surface area contributed by atoms with E-state index in [2.05, 4.69) is 34.2 Å². The van der Waals surface area contributed by atoms with Crippen molar-refractivity contribution >= 4 is 21.6 Å². The molecule has 1 aromatic carbocycles. The Labute approximate surface area is 117 Å². The Kier molecular flexibility index (Phi) is 2.92. The number of nitrogens with two attached hydrogens (primary N) is 1. The summed E-state index contributed by atoms with van der Waals surface area (Å²) >= 11 is 1.68. The van der Waals surface area contributed by atoms with Crippen LogP contribution in [0.3, 0.4) is 0 Å².